The molecule has 3 aromatic rings. The second kappa shape index (κ2) is 7.63. The van der Waals surface area contributed by atoms with E-state index in [4.69, 9.17) is 0 Å². The first-order chi connectivity index (χ1) is 12.7. The fraction of sp³-hybridized carbons (Fsp3) is 0.211. The highest BCUT2D eigenvalue weighted by Gasteiger charge is 2.31. The van der Waals surface area contributed by atoms with Crippen LogP contribution in [0.25, 0.3) is 5.69 Å². The van der Waals surface area contributed by atoms with Gasteiger partial charge in [0.05, 0.1) is 5.75 Å². The number of carbonyl (C=O) groups excluding carboxylic acids is 1. The van der Waals surface area contributed by atoms with E-state index in [1.54, 1.807) is 0 Å². The molecule has 0 radical (unpaired) electrons. The number of nitrogens with zero attached hydrogens (tertiary/aromatic N) is 3. The average Bonchev–Trinajstić information content (AvgIpc) is 3.40. The third kappa shape index (κ3) is 3.99. The molecule has 1 N–H and O–H groups in total. The summed E-state index contributed by atoms with van der Waals surface area (Å²) in [5.74, 6) is 1.68. The minimum atomic E-state index is -0.0660. The smallest absolute Gasteiger partial charge is 0.234 e. The number of anilines is 1. The van der Waals surface area contributed by atoms with Crippen molar-refractivity contribution in [2.75, 3.05) is 11.1 Å². The first kappa shape index (κ1) is 17.3. The molecule has 1 fully saturated rings. The molecule has 132 valence electrons. The Morgan fingerprint density at radius 2 is 1.96 bits per heavy atom. The molecule has 1 aliphatic rings. The highest BCUT2D eigenvalue weighted by molar-refractivity contribution is 9.10. The molecular formula is C19H17BrN4OS. The van der Waals surface area contributed by atoms with Gasteiger partial charge in [0.15, 0.2) is 5.16 Å². The predicted octanol–water partition coefficient (Wildman–Crippen LogP) is 4.64. The van der Waals surface area contributed by atoms with Crippen molar-refractivity contribution in [3.05, 3.63) is 64.9 Å². The van der Waals surface area contributed by atoms with Crippen molar-refractivity contribution in [2.24, 2.45) is 0 Å². The van der Waals surface area contributed by atoms with Gasteiger partial charge in [0.25, 0.3) is 0 Å². The van der Waals surface area contributed by atoms with E-state index in [0.717, 1.165) is 39.7 Å². The molecule has 0 bridgehead atoms. The van der Waals surface area contributed by atoms with Crippen molar-refractivity contribution in [3.63, 3.8) is 0 Å². The minimum Gasteiger partial charge on any atom is -0.325 e. The zero-order chi connectivity index (χ0) is 17.9. The van der Waals surface area contributed by atoms with Crippen LogP contribution in [-0.2, 0) is 4.79 Å². The number of para-hydroxylation sites is 1. The SMILES string of the molecule is O=C(CSc1nnc(C2CC2)n1-c1ccccc1)Nc1cccc(Br)c1. The van der Waals surface area contributed by atoms with Crippen LogP contribution in [0.2, 0.25) is 0 Å². The van der Waals surface area contributed by atoms with Gasteiger partial charge in [0, 0.05) is 21.8 Å². The van der Waals surface area contributed by atoms with E-state index >= 15 is 0 Å². The molecule has 7 heteroatoms. The highest BCUT2D eigenvalue weighted by Crippen LogP contribution is 2.41. The van der Waals surface area contributed by atoms with Crippen LogP contribution in [0.5, 0.6) is 0 Å². The maximum absolute atomic E-state index is 12.3. The molecule has 0 aliphatic heterocycles. The van der Waals surface area contributed by atoms with Crippen LogP contribution in [0.1, 0.15) is 24.6 Å². The van der Waals surface area contributed by atoms with Crippen molar-refractivity contribution < 1.29 is 4.79 Å². The topological polar surface area (TPSA) is 59.8 Å². The van der Waals surface area contributed by atoms with E-state index in [1.165, 1.54) is 11.8 Å². The molecule has 1 aliphatic carbocycles. The summed E-state index contributed by atoms with van der Waals surface area (Å²) in [6.07, 6.45) is 2.30. The van der Waals surface area contributed by atoms with Gasteiger partial charge in [-0.2, -0.15) is 0 Å². The number of nitrogens with one attached hydrogen (secondary N) is 1. The average molecular weight is 429 g/mol. The maximum atomic E-state index is 12.3. The van der Waals surface area contributed by atoms with Gasteiger partial charge in [-0.1, -0.05) is 52.0 Å². The second-order valence-electron chi connectivity index (χ2n) is 6.13. The fourth-order valence-electron chi connectivity index (χ4n) is 2.69. The summed E-state index contributed by atoms with van der Waals surface area (Å²) in [6, 6.07) is 17.6. The molecule has 1 amide bonds. The molecule has 26 heavy (non-hydrogen) atoms. The van der Waals surface area contributed by atoms with Gasteiger partial charge >= 0.3 is 0 Å². The zero-order valence-corrected chi connectivity index (χ0v) is 16.3. The number of rotatable bonds is 6. The van der Waals surface area contributed by atoms with E-state index in [-0.39, 0.29) is 11.7 Å². The minimum absolute atomic E-state index is 0.0660. The Labute approximate surface area is 164 Å². The molecule has 1 heterocycles. The molecule has 0 atom stereocenters. The lowest BCUT2D eigenvalue weighted by Gasteiger charge is -2.10. The van der Waals surface area contributed by atoms with E-state index < -0.39 is 0 Å². The normalized spacial score (nSPS) is 13.6. The van der Waals surface area contributed by atoms with Crippen molar-refractivity contribution in [1.29, 1.82) is 0 Å². The van der Waals surface area contributed by atoms with E-state index in [1.807, 2.05) is 54.6 Å². The Morgan fingerprint density at radius 1 is 1.15 bits per heavy atom. The highest BCUT2D eigenvalue weighted by atomic mass is 79.9. The fourth-order valence-corrected chi connectivity index (χ4v) is 3.85. The first-order valence-electron chi connectivity index (χ1n) is 8.39. The Balaban J connectivity index is 1.49. The summed E-state index contributed by atoms with van der Waals surface area (Å²) < 4.78 is 3.01. The number of hydrogen-bond acceptors (Lipinski definition) is 4. The summed E-state index contributed by atoms with van der Waals surface area (Å²) in [5.41, 5.74) is 1.81. The Kier molecular flexibility index (Phi) is 5.08. The third-order valence-corrected chi connectivity index (χ3v) is 5.48. The van der Waals surface area contributed by atoms with Crippen LogP contribution < -0.4 is 5.32 Å². The van der Waals surface area contributed by atoms with Crippen LogP contribution in [0.4, 0.5) is 5.69 Å². The van der Waals surface area contributed by atoms with Crippen LogP contribution in [0.15, 0.2) is 64.2 Å². The largest absolute Gasteiger partial charge is 0.325 e. The van der Waals surface area contributed by atoms with Gasteiger partial charge in [0.1, 0.15) is 5.82 Å². The van der Waals surface area contributed by atoms with Gasteiger partial charge in [0.2, 0.25) is 5.91 Å². The Morgan fingerprint density at radius 3 is 2.69 bits per heavy atom. The van der Waals surface area contributed by atoms with Crippen molar-refractivity contribution in [1.82, 2.24) is 14.8 Å². The number of amides is 1. The predicted molar refractivity (Wildman–Crippen MR) is 107 cm³/mol. The first-order valence-corrected chi connectivity index (χ1v) is 10.2. The van der Waals surface area contributed by atoms with E-state index in [0.29, 0.717) is 5.92 Å². The van der Waals surface area contributed by atoms with Crippen LogP contribution in [-0.4, -0.2) is 26.4 Å². The molecule has 2 aromatic carbocycles. The molecule has 4 rings (SSSR count). The third-order valence-electron chi connectivity index (χ3n) is 4.06. The lowest BCUT2D eigenvalue weighted by atomic mass is 10.3. The number of thioether (sulfide) groups is 1. The summed E-state index contributed by atoms with van der Waals surface area (Å²) in [6.45, 7) is 0. The Hall–Kier alpha value is -2.12. The quantitative estimate of drug-likeness (QED) is 0.580. The monoisotopic (exact) mass is 428 g/mol. The lowest BCUT2D eigenvalue weighted by molar-refractivity contribution is -0.113. The number of carbonyl (C=O) groups is 1. The van der Waals surface area contributed by atoms with Gasteiger partial charge in [-0.05, 0) is 43.2 Å². The summed E-state index contributed by atoms with van der Waals surface area (Å²) in [7, 11) is 0. The van der Waals surface area contributed by atoms with Gasteiger partial charge in [-0.3, -0.25) is 9.36 Å². The molecule has 0 unspecified atom stereocenters. The molecule has 0 spiro atoms. The zero-order valence-electron chi connectivity index (χ0n) is 13.9. The van der Waals surface area contributed by atoms with Gasteiger partial charge < -0.3 is 5.32 Å². The lowest BCUT2D eigenvalue weighted by Crippen LogP contribution is -2.14. The number of hydrogen-bond donors (Lipinski definition) is 1. The second-order valence-corrected chi connectivity index (χ2v) is 7.99. The Bertz CT molecular complexity index is 924. The van der Waals surface area contributed by atoms with Crippen LogP contribution in [0, 0.1) is 0 Å². The van der Waals surface area contributed by atoms with Crippen LogP contribution >= 0.6 is 27.7 Å². The molecule has 1 aromatic heterocycles. The summed E-state index contributed by atoms with van der Waals surface area (Å²) >= 11 is 4.81. The standard InChI is InChI=1S/C19H17BrN4OS/c20-14-5-4-6-15(11-14)21-17(25)12-26-19-23-22-18(13-9-10-13)24(19)16-7-2-1-3-8-16/h1-8,11,13H,9-10,12H2,(H,21,25). The van der Waals surface area contributed by atoms with E-state index in [9.17, 15) is 4.79 Å². The van der Waals surface area contributed by atoms with Crippen molar-refractivity contribution >= 4 is 39.3 Å². The molecule has 1 saturated carbocycles. The molecular weight excluding hydrogens is 412 g/mol. The summed E-state index contributed by atoms with van der Waals surface area (Å²) in [4.78, 5) is 12.3. The number of halogens is 1. The molecule has 5 nitrogen and oxygen atoms in total. The maximum Gasteiger partial charge on any atom is 0.234 e. The van der Waals surface area contributed by atoms with E-state index in [2.05, 4.69) is 36.0 Å². The molecule has 0 saturated heterocycles. The van der Waals surface area contributed by atoms with Crippen LogP contribution in [0.3, 0.4) is 0 Å². The van der Waals surface area contributed by atoms with Gasteiger partial charge in [-0.25, -0.2) is 0 Å². The van der Waals surface area contributed by atoms with Gasteiger partial charge in [-0.15, -0.1) is 10.2 Å². The van der Waals surface area contributed by atoms with Crippen molar-refractivity contribution in [3.8, 4) is 5.69 Å². The van der Waals surface area contributed by atoms with Crippen molar-refractivity contribution in [2.45, 2.75) is 23.9 Å². The number of benzene rings is 2. The number of aromatic nitrogens is 3. The summed E-state index contributed by atoms with van der Waals surface area (Å²) in [5, 5.41) is 12.4.